The van der Waals surface area contributed by atoms with E-state index in [9.17, 15) is 10.1 Å². The lowest BCUT2D eigenvalue weighted by Gasteiger charge is -2.14. The van der Waals surface area contributed by atoms with E-state index in [2.05, 4.69) is 16.4 Å². The molecule has 1 heterocycles. The number of fused-ring (bicyclic) bond motifs is 1. The predicted octanol–water partition coefficient (Wildman–Crippen LogP) is 4.77. The van der Waals surface area contributed by atoms with Crippen molar-refractivity contribution in [3.05, 3.63) is 59.7 Å². The molecule has 24 heavy (non-hydrogen) atoms. The molecule has 2 aromatic carbocycles. The van der Waals surface area contributed by atoms with E-state index in [4.69, 9.17) is 0 Å². The van der Waals surface area contributed by atoms with Crippen LogP contribution in [0.15, 0.2) is 53.6 Å². The lowest BCUT2D eigenvalue weighted by molar-refractivity contribution is 0.101. The number of para-hydroxylation sites is 1. The molecule has 0 bridgehead atoms. The Morgan fingerprint density at radius 3 is 2.71 bits per heavy atom. The maximum Gasteiger partial charge on any atom is 0.159 e. The molecule has 0 aliphatic rings. The number of Topliss-reactive ketones (excluding diaryl/α,β-unsaturated/α-hetero) is 1. The molecular weight excluding hydrogens is 318 g/mol. The maximum atomic E-state index is 11.6. The standard InChI is InChI=1S/C19H15N3OS/c1-12(23)13-6-5-7-14(10-13)21-18-15-8-3-4-9-17(15)22-19(24-2)16(18)11-20/h3-10H,1-2H3,(H,21,22). The van der Waals surface area contributed by atoms with E-state index in [1.807, 2.05) is 42.7 Å². The fourth-order valence-electron chi connectivity index (χ4n) is 2.53. The summed E-state index contributed by atoms with van der Waals surface area (Å²) in [5, 5.41) is 14.5. The second-order valence-corrected chi connectivity index (χ2v) is 6.06. The first-order valence-corrected chi connectivity index (χ1v) is 8.61. The van der Waals surface area contributed by atoms with E-state index in [1.54, 1.807) is 12.1 Å². The van der Waals surface area contributed by atoms with Gasteiger partial charge in [0, 0.05) is 16.6 Å². The number of carbonyl (C=O) groups excluding carboxylic acids is 1. The quantitative estimate of drug-likeness (QED) is 0.550. The normalized spacial score (nSPS) is 10.4. The van der Waals surface area contributed by atoms with E-state index in [0.717, 1.165) is 16.6 Å². The van der Waals surface area contributed by atoms with Gasteiger partial charge < -0.3 is 5.32 Å². The highest BCUT2D eigenvalue weighted by Gasteiger charge is 2.15. The van der Waals surface area contributed by atoms with Crippen molar-refractivity contribution in [2.45, 2.75) is 11.9 Å². The zero-order valence-electron chi connectivity index (χ0n) is 13.3. The van der Waals surface area contributed by atoms with E-state index in [1.165, 1.54) is 18.7 Å². The molecule has 0 saturated heterocycles. The Labute approximate surface area is 144 Å². The summed E-state index contributed by atoms with van der Waals surface area (Å²) in [7, 11) is 0. The van der Waals surface area contributed by atoms with Gasteiger partial charge in [0.15, 0.2) is 5.78 Å². The minimum atomic E-state index is 0.00328. The van der Waals surface area contributed by atoms with E-state index in [-0.39, 0.29) is 5.78 Å². The van der Waals surface area contributed by atoms with Crippen LogP contribution >= 0.6 is 11.8 Å². The third kappa shape index (κ3) is 2.97. The number of hydrogen-bond donors (Lipinski definition) is 1. The highest BCUT2D eigenvalue weighted by molar-refractivity contribution is 7.98. The maximum absolute atomic E-state index is 11.6. The Morgan fingerprint density at radius 2 is 2.00 bits per heavy atom. The van der Waals surface area contributed by atoms with Crippen molar-refractivity contribution in [3.63, 3.8) is 0 Å². The minimum absolute atomic E-state index is 0.00328. The summed E-state index contributed by atoms with van der Waals surface area (Å²) in [6.45, 7) is 1.54. The summed E-state index contributed by atoms with van der Waals surface area (Å²) in [4.78, 5) is 16.2. The van der Waals surface area contributed by atoms with E-state index >= 15 is 0 Å². The molecular formula is C19H15N3OS. The van der Waals surface area contributed by atoms with Gasteiger partial charge in [-0.05, 0) is 31.4 Å². The summed E-state index contributed by atoms with van der Waals surface area (Å²) in [5.41, 5.74) is 3.44. The summed E-state index contributed by atoms with van der Waals surface area (Å²) in [6, 6.07) is 17.2. The van der Waals surface area contributed by atoms with E-state index < -0.39 is 0 Å². The SMILES string of the molecule is CSc1nc2ccccc2c(Nc2cccc(C(C)=O)c2)c1C#N. The van der Waals surface area contributed by atoms with Crippen molar-refractivity contribution in [2.24, 2.45) is 0 Å². The van der Waals surface area contributed by atoms with Crippen molar-refractivity contribution >= 4 is 39.8 Å². The van der Waals surface area contributed by atoms with Crippen LogP contribution in [0.3, 0.4) is 0 Å². The molecule has 0 aliphatic heterocycles. The molecule has 0 aliphatic carbocycles. The average molecular weight is 333 g/mol. The van der Waals surface area contributed by atoms with Crippen LogP contribution in [0.4, 0.5) is 11.4 Å². The van der Waals surface area contributed by atoms with Crippen LogP contribution in [0.5, 0.6) is 0 Å². The third-order valence-corrected chi connectivity index (χ3v) is 4.38. The van der Waals surface area contributed by atoms with Crippen LogP contribution in [-0.2, 0) is 0 Å². The topological polar surface area (TPSA) is 65.8 Å². The predicted molar refractivity (Wildman–Crippen MR) is 98.0 cm³/mol. The van der Waals surface area contributed by atoms with Crippen LogP contribution in [0, 0.1) is 11.3 Å². The third-order valence-electron chi connectivity index (χ3n) is 3.70. The van der Waals surface area contributed by atoms with Crippen LogP contribution < -0.4 is 5.32 Å². The second-order valence-electron chi connectivity index (χ2n) is 5.26. The van der Waals surface area contributed by atoms with Crippen LogP contribution in [0.1, 0.15) is 22.8 Å². The van der Waals surface area contributed by atoms with Crippen molar-refractivity contribution in [2.75, 3.05) is 11.6 Å². The summed E-state index contributed by atoms with van der Waals surface area (Å²) in [6.07, 6.45) is 1.90. The molecule has 0 fully saturated rings. The number of pyridine rings is 1. The lowest BCUT2D eigenvalue weighted by Crippen LogP contribution is -2.00. The van der Waals surface area contributed by atoms with Gasteiger partial charge in [0.1, 0.15) is 16.7 Å². The first-order valence-electron chi connectivity index (χ1n) is 7.39. The van der Waals surface area contributed by atoms with Crippen molar-refractivity contribution in [3.8, 4) is 6.07 Å². The van der Waals surface area contributed by atoms with Crippen LogP contribution in [0.25, 0.3) is 10.9 Å². The number of nitrogens with zero attached hydrogens (tertiary/aromatic N) is 2. The number of aromatic nitrogens is 1. The second kappa shape index (κ2) is 6.73. The van der Waals surface area contributed by atoms with Crippen molar-refractivity contribution < 1.29 is 4.79 Å². The number of benzene rings is 2. The number of rotatable bonds is 4. The molecule has 4 nitrogen and oxygen atoms in total. The molecule has 0 saturated carbocycles. The Kier molecular flexibility index (Phi) is 4.50. The van der Waals surface area contributed by atoms with E-state index in [0.29, 0.717) is 21.8 Å². The molecule has 0 atom stereocenters. The Bertz CT molecular complexity index is 976. The van der Waals surface area contributed by atoms with Gasteiger partial charge in [-0.1, -0.05) is 30.3 Å². The summed E-state index contributed by atoms with van der Waals surface area (Å²) < 4.78 is 0. The number of thioether (sulfide) groups is 1. The first-order chi connectivity index (χ1) is 11.6. The fourth-order valence-corrected chi connectivity index (χ4v) is 3.07. The molecule has 0 amide bonds. The van der Waals surface area contributed by atoms with Gasteiger partial charge in [-0.25, -0.2) is 4.98 Å². The molecule has 0 spiro atoms. The van der Waals surface area contributed by atoms with Crippen molar-refractivity contribution in [1.82, 2.24) is 4.98 Å². The number of ketones is 1. The van der Waals surface area contributed by atoms with Gasteiger partial charge in [0.05, 0.1) is 11.2 Å². The zero-order chi connectivity index (χ0) is 17.1. The van der Waals surface area contributed by atoms with Crippen LogP contribution in [-0.4, -0.2) is 17.0 Å². The Morgan fingerprint density at radius 1 is 1.21 bits per heavy atom. The monoisotopic (exact) mass is 333 g/mol. The molecule has 1 aromatic heterocycles. The highest BCUT2D eigenvalue weighted by Crippen LogP contribution is 2.34. The van der Waals surface area contributed by atoms with Gasteiger partial charge in [0.25, 0.3) is 0 Å². The molecule has 3 aromatic rings. The molecule has 0 unspecified atom stereocenters. The molecule has 3 rings (SSSR count). The van der Waals surface area contributed by atoms with Gasteiger partial charge in [-0.15, -0.1) is 11.8 Å². The number of nitriles is 1. The Hall–Kier alpha value is -2.84. The van der Waals surface area contributed by atoms with Gasteiger partial charge in [-0.2, -0.15) is 5.26 Å². The zero-order valence-corrected chi connectivity index (χ0v) is 14.1. The van der Waals surface area contributed by atoms with Gasteiger partial charge in [0.2, 0.25) is 0 Å². The fraction of sp³-hybridized carbons (Fsp3) is 0.105. The summed E-state index contributed by atoms with van der Waals surface area (Å²) in [5.74, 6) is 0.00328. The number of anilines is 2. The minimum Gasteiger partial charge on any atom is -0.354 e. The van der Waals surface area contributed by atoms with Crippen molar-refractivity contribution in [1.29, 1.82) is 5.26 Å². The number of nitrogens with one attached hydrogen (secondary N) is 1. The molecule has 0 radical (unpaired) electrons. The number of hydrogen-bond acceptors (Lipinski definition) is 5. The average Bonchev–Trinajstić information content (AvgIpc) is 2.61. The van der Waals surface area contributed by atoms with Gasteiger partial charge >= 0.3 is 0 Å². The smallest absolute Gasteiger partial charge is 0.159 e. The molecule has 118 valence electrons. The van der Waals surface area contributed by atoms with Gasteiger partial charge in [-0.3, -0.25) is 4.79 Å². The van der Waals surface area contributed by atoms with Crippen LogP contribution in [0.2, 0.25) is 0 Å². The first kappa shape index (κ1) is 16.0. The lowest BCUT2D eigenvalue weighted by atomic mass is 10.1. The molecule has 1 N–H and O–H groups in total. The Balaban J connectivity index is 2.19. The molecule has 5 heteroatoms. The largest absolute Gasteiger partial charge is 0.354 e. The highest BCUT2D eigenvalue weighted by atomic mass is 32.2. The summed E-state index contributed by atoms with van der Waals surface area (Å²) >= 11 is 1.44. The number of carbonyl (C=O) groups is 1.